The Bertz CT molecular complexity index is 829. The molecule has 0 radical (unpaired) electrons. The maximum atomic E-state index is 9.55. The smallest absolute Gasteiger partial charge is 0.259 e. The average molecular weight is 299 g/mol. The number of benzene rings is 2. The summed E-state index contributed by atoms with van der Waals surface area (Å²) in [6.45, 7) is 0. The van der Waals surface area contributed by atoms with E-state index in [9.17, 15) is 5.11 Å². The Kier molecular flexibility index (Phi) is 2.72. The minimum atomic E-state index is 0.114. The van der Waals surface area contributed by atoms with E-state index in [1.807, 2.05) is 12.1 Å². The third-order valence-corrected chi connectivity index (χ3v) is 4.12. The summed E-state index contributed by atoms with van der Waals surface area (Å²) in [5, 5.41) is 14.1. The molecular weight excluding hydrogens is 288 g/mol. The third-order valence-electron chi connectivity index (χ3n) is 3.79. The van der Waals surface area contributed by atoms with Gasteiger partial charge in [-0.05, 0) is 35.7 Å². The van der Waals surface area contributed by atoms with E-state index in [4.69, 9.17) is 16.1 Å². The number of aromatic nitrogens is 2. The van der Waals surface area contributed by atoms with Gasteiger partial charge in [-0.2, -0.15) is 4.98 Å². The Labute approximate surface area is 126 Å². The van der Waals surface area contributed by atoms with Crippen LogP contribution in [0.5, 0.6) is 5.75 Å². The fourth-order valence-electron chi connectivity index (χ4n) is 2.65. The van der Waals surface area contributed by atoms with Crippen LogP contribution in [-0.2, 0) is 6.42 Å². The molecule has 0 bridgehead atoms. The fourth-order valence-corrected chi connectivity index (χ4v) is 2.85. The van der Waals surface area contributed by atoms with Gasteiger partial charge >= 0.3 is 0 Å². The number of halogens is 1. The topological polar surface area (TPSA) is 59.2 Å². The normalized spacial score (nSPS) is 16.3. The van der Waals surface area contributed by atoms with Gasteiger partial charge in [-0.15, -0.1) is 0 Å². The molecule has 1 aliphatic rings. The number of aromatic hydroxyl groups is 1. The van der Waals surface area contributed by atoms with Crippen LogP contribution in [0, 0.1) is 0 Å². The Morgan fingerprint density at radius 3 is 2.90 bits per heavy atom. The summed E-state index contributed by atoms with van der Waals surface area (Å²) in [4.78, 5) is 4.43. The van der Waals surface area contributed by atoms with Crippen molar-refractivity contribution >= 4 is 11.6 Å². The highest BCUT2D eigenvalue weighted by molar-refractivity contribution is 6.33. The molecule has 0 amide bonds. The van der Waals surface area contributed by atoms with Gasteiger partial charge in [0.1, 0.15) is 5.75 Å². The van der Waals surface area contributed by atoms with E-state index < -0.39 is 0 Å². The number of nitrogens with zero attached hydrogens (tertiary/aromatic N) is 2. The van der Waals surface area contributed by atoms with Crippen LogP contribution in [0.1, 0.15) is 22.9 Å². The first-order valence-electron chi connectivity index (χ1n) is 6.62. The number of hydrogen-bond acceptors (Lipinski definition) is 4. The summed E-state index contributed by atoms with van der Waals surface area (Å²) in [7, 11) is 0. The molecule has 0 fully saturated rings. The maximum absolute atomic E-state index is 9.55. The highest BCUT2D eigenvalue weighted by atomic mass is 35.5. The van der Waals surface area contributed by atoms with Crippen LogP contribution in [0.4, 0.5) is 0 Å². The van der Waals surface area contributed by atoms with E-state index in [0.717, 1.165) is 6.42 Å². The molecule has 0 aliphatic heterocycles. The fraction of sp³-hybridized carbons (Fsp3) is 0.125. The third kappa shape index (κ3) is 1.99. The van der Waals surface area contributed by atoms with Crippen molar-refractivity contribution in [2.45, 2.75) is 12.3 Å². The zero-order valence-electron chi connectivity index (χ0n) is 11.0. The van der Waals surface area contributed by atoms with Crippen molar-refractivity contribution in [3.05, 3.63) is 64.4 Å². The molecule has 2 aromatic carbocycles. The van der Waals surface area contributed by atoms with E-state index in [1.54, 1.807) is 6.07 Å². The second-order valence-electron chi connectivity index (χ2n) is 5.08. The van der Waals surface area contributed by atoms with Crippen molar-refractivity contribution in [3.8, 4) is 17.2 Å². The van der Waals surface area contributed by atoms with E-state index in [1.165, 1.54) is 23.3 Å². The summed E-state index contributed by atoms with van der Waals surface area (Å²) in [5.41, 5.74) is 3.11. The Morgan fingerprint density at radius 1 is 1.19 bits per heavy atom. The standard InChI is InChI=1S/C16H11ClN2O2/c17-14-6-5-10(20)8-13(14)16-18-15(19-21-16)12-7-9-3-1-2-4-11(9)12/h1-6,8,12,20H,7H2. The Hall–Kier alpha value is -2.33. The van der Waals surface area contributed by atoms with E-state index in [2.05, 4.69) is 22.3 Å². The summed E-state index contributed by atoms with van der Waals surface area (Å²) >= 11 is 6.11. The first-order valence-corrected chi connectivity index (χ1v) is 7.00. The van der Waals surface area contributed by atoms with Gasteiger partial charge in [0.05, 0.1) is 16.5 Å². The van der Waals surface area contributed by atoms with Crippen molar-refractivity contribution in [3.63, 3.8) is 0 Å². The molecule has 4 nitrogen and oxygen atoms in total. The monoisotopic (exact) mass is 298 g/mol. The summed E-state index contributed by atoms with van der Waals surface area (Å²) < 4.78 is 5.30. The van der Waals surface area contributed by atoms with Gasteiger partial charge in [-0.3, -0.25) is 0 Å². The molecule has 1 unspecified atom stereocenters. The van der Waals surface area contributed by atoms with Crippen molar-refractivity contribution < 1.29 is 9.63 Å². The second kappa shape index (κ2) is 4.60. The van der Waals surface area contributed by atoms with Gasteiger partial charge in [0, 0.05) is 0 Å². The molecule has 104 valence electrons. The molecule has 0 spiro atoms. The lowest BCUT2D eigenvalue weighted by Crippen LogP contribution is -2.19. The largest absolute Gasteiger partial charge is 0.508 e. The Morgan fingerprint density at radius 2 is 2.05 bits per heavy atom. The molecule has 1 aliphatic carbocycles. The lowest BCUT2D eigenvalue weighted by Gasteiger charge is -2.27. The molecule has 3 aromatic rings. The number of rotatable bonds is 2. The molecule has 1 N–H and O–H groups in total. The molecule has 1 atom stereocenters. The van der Waals surface area contributed by atoms with Crippen LogP contribution in [0.3, 0.4) is 0 Å². The first-order chi connectivity index (χ1) is 10.2. The summed E-state index contributed by atoms with van der Waals surface area (Å²) in [6, 6.07) is 12.9. The predicted octanol–water partition coefficient (Wildman–Crippen LogP) is 3.78. The SMILES string of the molecule is Oc1ccc(Cl)c(-c2nc(C3Cc4ccccc43)no2)c1. The zero-order chi connectivity index (χ0) is 14.4. The van der Waals surface area contributed by atoms with Crippen molar-refractivity contribution in [1.29, 1.82) is 0 Å². The summed E-state index contributed by atoms with van der Waals surface area (Å²) in [6.07, 6.45) is 0.920. The van der Waals surface area contributed by atoms with E-state index in [-0.39, 0.29) is 11.7 Å². The highest BCUT2D eigenvalue weighted by Gasteiger charge is 2.31. The Balaban J connectivity index is 1.70. The van der Waals surface area contributed by atoms with Gasteiger partial charge in [0.15, 0.2) is 5.82 Å². The van der Waals surface area contributed by atoms with Gasteiger partial charge in [0.25, 0.3) is 5.89 Å². The molecule has 1 aromatic heterocycles. The lowest BCUT2D eigenvalue weighted by atomic mass is 9.77. The van der Waals surface area contributed by atoms with Crippen LogP contribution in [0.2, 0.25) is 5.02 Å². The molecule has 0 saturated heterocycles. The first kappa shape index (κ1) is 12.4. The van der Waals surface area contributed by atoms with Crippen molar-refractivity contribution in [2.75, 3.05) is 0 Å². The van der Waals surface area contributed by atoms with Gasteiger partial charge in [0.2, 0.25) is 0 Å². The number of phenolic OH excluding ortho intramolecular Hbond substituents is 1. The van der Waals surface area contributed by atoms with Crippen LogP contribution >= 0.6 is 11.6 Å². The van der Waals surface area contributed by atoms with Crippen LogP contribution < -0.4 is 0 Å². The van der Waals surface area contributed by atoms with Crippen LogP contribution in [0.25, 0.3) is 11.5 Å². The predicted molar refractivity (Wildman–Crippen MR) is 78.4 cm³/mol. The zero-order valence-corrected chi connectivity index (χ0v) is 11.7. The number of fused-ring (bicyclic) bond motifs is 1. The van der Waals surface area contributed by atoms with E-state index >= 15 is 0 Å². The second-order valence-corrected chi connectivity index (χ2v) is 5.48. The molecule has 5 heteroatoms. The molecule has 4 rings (SSSR count). The van der Waals surface area contributed by atoms with Crippen LogP contribution in [0.15, 0.2) is 47.0 Å². The van der Waals surface area contributed by atoms with E-state index in [0.29, 0.717) is 22.3 Å². The molecule has 1 heterocycles. The van der Waals surface area contributed by atoms with Gasteiger partial charge in [-0.1, -0.05) is 41.0 Å². The number of hydrogen-bond donors (Lipinski definition) is 1. The minimum absolute atomic E-state index is 0.114. The lowest BCUT2D eigenvalue weighted by molar-refractivity contribution is 0.415. The highest BCUT2D eigenvalue weighted by Crippen LogP contribution is 2.39. The molecule has 21 heavy (non-hydrogen) atoms. The van der Waals surface area contributed by atoms with Crippen molar-refractivity contribution in [1.82, 2.24) is 10.1 Å². The number of phenols is 1. The van der Waals surface area contributed by atoms with Crippen molar-refractivity contribution in [2.24, 2.45) is 0 Å². The minimum Gasteiger partial charge on any atom is -0.508 e. The average Bonchev–Trinajstić information content (AvgIpc) is 2.92. The molecule has 0 saturated carbocycles. The summed E-state index contributed by atoms with van der Waals surface area (Å²) in [5.74, 6) is 1.27. The molecular formula is C16H11ClN2O2. The quantitative estimate of drug-likeness (QED) is 0.782. The maximum Gasteiger partial charge on any atom is 0.259 e. The van der Waals surface area contributed by atoms with Gasteiger partial charge < -0.3 is 9.63 Å². The van der Waals surface area contributed by atoms with Crippen LogP contribution in [-0.4, -0.2) is 15.2 Å². The van der Waals surface area contributed by atoms with Gasteiger partial charge in [-0.25, -0.2) is 0 Å².